The van der Waals surface area contributed by atoms with E-state index in [1.807, 2.05) is 13.0 Å². The van der Waals surface area contributed by atoms with Gasteiger partial charge in [0.15, 0.2) is 0 Å². The van der Waals surface area contributed by atoms with Gasteiger partial charge in [0, 0.05) is 30.2 Å². The smallest absolute Gasteiger partial charge is 0.143 e. The molecule has 3 nitrogen and oxygen atoms in total. The molecule has 112 valence electrons. The Hall–Kier alpha value is -0.930. The molecule has 20 heavy (non-hydrogen) atoms. The van der Waals surface area contributed by atoms with Crippen LogP contribution < -0.4 is 15.0 Å². The van der Waals surface area contributed by atoms with Crippen molar-refractivity contribution in [3.63, 3.8) is 0 Å². The van der Waals surface area contributed by atoms with Crippen LogP contribution in [0.1, 0.15) is 25.8 Å². The topological polar surface area (TPSA) is 24.5 Å². The minimum absolute atomic E-state index is 0.512. The average Bonchev–Trinajstić information content (AvgIpc) is 2.67. The minimum atomic E-state index is 0.512. The SMILES string of the molecule is COc1cc(Cl)c(C)cc1N1CCCNC(C(C)C)C1. The minimum Gasteiger partial charge on any atom is -0.495 e. The number of methoxy groups -OCH3 is 1. The third-order valence-electron chi connectivity index (χ3n) is 4.03. The molecule has 1 aliphatic heterocycles. The van der Waals surface area contributed by atoms with Gasteiger partial charge in [-0.2, -0.15) is 0 Å². The Morgan fingerprint density at radius 1 is 1.40 bits per heavy atom. The molecule has 0 spiro atoms. The predicted octanol–water partition coefficient (Wildman–Crippen LogP) is 3.48. The standard InChI is InChI=1S/C16H25ClN2O/c1-11(2)14-10-19(7-5-6-18-14)15-8-12(3)13(17)9-16(15)20-4/h8-9,11,14,18H,5-7,10H2,1-4H3. The first-order valence-electron chi connectivity index (χ1n) is 7.35. The summed E-state index contributed by atoms with van der Waals surface area (Å²) in [5, 5.41) is 4.40. The van der Waals surface area contributed by atoms with Crippen LogP contribution in [0.15, 0.2) is 12.1 Å². The molecular weight excluding hydrogens is 272 g/mol. The maximum Gasteiger partial charge on any atom is 0.143 e. The Kier molecular flexibility index (Phi) is 5.17. The number of rotatable bonds is 3. The maximum absolute atomic E-state index is 6.20. The Morgan fingerprint density at radius 3 is 2.80 bits per heavy atom. The number of hydrogen-bond acceptors (Lipinski definition) is 3. The van der Waals surface area contributed by atoms with Crippen LogP contribution in [0.2, 0.25) is 5.02 Å². The summed E-state index contributed by atoms with van der Waals surface area (Å²) in [4.78, 5) is 2.42. The lowest BCUT2D eigenvalue weighted by Gasteiger charge is -2.30. The number of hydrogen-bond donors (Lipinski definition) is 1. The molecule has 0 aromatic heterocycles. The molecule has 1 heterocycles. The first-order valence-corrected chi connectivity index (χ1v) is 7.73. The summed E-state index contributed by atoms with van der Waals surface area (Å²) in [7, 11) is 1.71. The summed E-state index contributed by atoms with van der Waals surface area (Å²) < 4.78 is 5.52. The van der Waals surface area contributed by atoms with E-state index in [0.29, 0.717) is 12.0 Å². The Labute approximate surface area is 127 Å². The molecule has 1 saturated heterocycles. The van der Waals surface area contributed by atoms with E-state index in [1.54, 1.807) is 7.11 Å². The van der Waals surface area contributed by atoms with Gasteiger partial charge < -0.3 is 15.0 Å². The summed E-state index contributed by atoms with van der Waals surface area (Å²) in [6.07, 6.45) is 1.15. The highest BCUT2D eigenvalue weighted by Crippen LogP contribution is 2.34. The largest absolute Gasteiger partial charge is 0.495 e. The molecule has 0 amide bonds. The van der Waals surface area contributed by atoms with Gasteiger partial charge in [0.1, 0.15) is 5.75 Å². The van der Waals surface area contributed by atoms with Crippen LogP contribution in [0.5, 0.6) is 5.75 Å². The van der Waals surface area contributed by atoms with Crippen LogP contribution in [-0.2, 0) is 0 Å². The third kappa shape index (κ3) is 3.39. The second-order valence-corrected chi connectivity index (χ2v) is 6.28. The third-order valence-corrected chi connectivity index (χ3v) is 4.44. The van der Waals surface area contributed by atoms with E-state index in [-0.39, 0.29) is 0 Å². The number of ether oxygens (including phenoxy) is 1. The van der Waals surface area contributed by atoms with Crippen LogP contribution in [0.4, 0.5) is 5.69 Å². The zero-order valence-corrected chi connectivity index (χ0v) is 13.6. The second kappa shape index (κ2) is 6.68. The Morgan fingerprint density at radius 2 is 2.15 bits per heavy atom. The van der Waals surface area contributed by atoms with Gasteiger partial charge >= 0.3 is 0 Å². The first kappa shape index (κ1) is 15.5. The molecule has 1 aliphatic rings. The fraction of sp³-hybridized carbons (Fsp3) is 0.625. The lowest BCUT2D eigenvalue weighted by Crippen LogP contribution is -2.41. The number of benzene rings is 1. The van der Waals surface area contributed by atoms with E-state index >= 15 is 0 Å². The number of anilines is 1. The fourth-order valence-electron chi connectivity index (χ4n) is 2.67. The molecule has 1 fully saturated rings. The molecule has 0 saturated carbocycles. The van der Waals surface area contributed by atoms with Crippen molar-refractivity contribution in [1.82, 2.24) is 5.32 Å². The molecule has 4 heteroatoms. The van der Waals surface area contributed by atoms with Crippen LogP contribution in [-0.4, -0.2) is 32.8 Å². The van der Waals surface area contributed by atoms with Gasteiger partial charge in [0.2, 0.25) is 0 Å². The van der Waals surface area contributed by atoms with Crippen molar-refractivity contribution < 1.29 is 4.74 Å². The predicted molar refractivity (Wildman–Crippen MR) is 86.2 cm³/mol. The Balaban J connectivity index is 2.31. The summed E-state index contributed by atoms with van der Waals surface area (Å²) in [5.41, 5.74) is 2.25. The number of nitrogens with zero attached hydrogens (tertiary/aromatic N) is 1. The highest BCUT2D eigenvalue weighted by Gasteiger charge is 2.22. The zero-order valence-electron chi connectivity index (χ0n) is 12.9. The summed E-state index contributed by atoms with van der Waals surface area (Å²) in [6, 6.07) is 4.58. The molecule has 0 bridgehead atoms. The van der Waals surface area contributed by atoms with Crippen molar-refractivity contribution in [1.29, 1.82) is 0 Å². The molecule has 0 radical (unpaired) electrons. The molecule has 2 rings (SSSR count). The highest BCUT2D eigenvalue weighted by molar-refractivity contribution is 6.31. The van der Waals surface area contributed by atoms with Gasteiger partial charge in [-0.05, 0) is 37.4 Å². The van der Waals surface area contributed by atoms with Gasteiger partial charge in [-0.15, -0.1) is 0 Å². The monoisotopic (exact) mass is 296 g/mol. The van der Waals surface area contributed by atoms with Gasteiger partial charge in [0.05, 0.1) is 12.8 Å². The first-order chi connectivity index (χ1) is 9.52. The van der Waals surface area contributed by atoms with E-state index in [1.165, 1.54) is 0 Å². The molecule has 1 atom stereocenters. The van der Waals surface area contributed by atoms with Crippen molar-refractivity contribution in [3.8, 4) is 5.75 Å². The van der Waals surface area contributed by atoms with E-state index in [2.05, 4.69) is 30.1 Å². The Bertz CT molecular complexity index is 462. The van der Waals surface area contributed by atoms with Gasteiger partial charge in [-0.1, -0.05) is 25.4 Å². The van der Waals surface area contributed by atoms with E-state index in [9.17, 15) is 0 Å². The summed E-state index contributed by atoms with van der Waals surface area (Å²) in [6.45, 7) is 9.72. The van der Waals surface area contributed by atoms with Crippen LogP contribution >= 0.6 is 11.6 Å². The number of aryl methyl sites for hydroxylation is 1. The fourth-order valence-corrected chi connectivity index (χ4v) is 2.83. The average molecular weight is 297 g/mol. The van der Waals surface area contributed by atoms with Crippen LogP contribution in [0.3, 0.4) is 0 Å². The van der Waals surface area contributed by atoms with Crippen molar-refractivity contribution in [2.75, 3.05) is 31.6 Å². The molecule has 1 aromatic carbocycles. The zero-order chi connectivity index (χ0) is 14.7. The normalized spacial score (nSPS) is 20.1. The molecule has 1 aromatic rings. The lowest BCUT2D eigenvalue weighted by atomic mass is 10.0. The van der Waals surface area contributed by atoms with Crippen LogP contribution in [0.25, 0.3) is 0 Å². The summed E-state index contributed by atoms with van der Waals surface area (Å²) in [5.74, 6) is 1.49. The van der Waals surface area contributed by atoms with Gasteiger partial charge in [0.25, 0.3) is 0 Å². The van der Waals surface area contributed by atoms with Crippen molar-refractivity contribution in [2.24, 2.45) is 5.92 Å². The molecular formula is C16H25ClN2O. The molecule has 1 N–H and O–H groups in total. The van der Waals surface area contributed by atoms with Crippen molar-refractivity contribution >= 4 is 17.3 Å². The van der Waals surface area contributed by atoms with E-state index < -0.39 is 0 Å². The summed E-state index contributed by atoms with van der Waals surface area (Å²) >= 11 is 6.20. The maximum atomic E-state index is 6.20. The molecule has 0 aliphatic carbocycles. The van der Waals surface area contributed by atoms with E-state index in [0.717, 1.165) is 48.1 Å². The second-order valence-electron chi connectivity index (χ2n) is 5.88. The van der Waals surface area contributed by atoms with Crippen molar-refractivity contribution in [2.45, 2.75) is 33.2 Å². The molecule has 1 unspecified atom stereocenters. The number of halogens is 1. The van der Waals surface area contributed by atoms with Crippen LogP contribution in [0, 0.1) is 12.8 Å². The van der Waals surface area contributed by atoms with Crippen molar-refractivity contribution in [3.05, 3.63) is 22.7 Å². The number of nitrogens with one attached hydrogen (secondary N) is 1. The lowest BCUT2D eigenvalue weighted by molar-refractivity contribution is 0.406. The van der Waals surface area contributed by atoms with Gasteiger partial charge in [-0.3, -0.25) is 0 Å². The van der Waals surface area contributed by atoms with Gasteiger partial charge in [-0.25, -0.2) is 0 Å². The highest BCUT2D eigenvalue weighted by atomic mass is 35.5. The quantitative estimate of drug-likeness (QED) is 0.924. The van der Waals surface area contributed by atoms with E-state index in [4.69, 9.17) is 16.3 Å².